The molecule has 13 rings (SSSR count). The maximum atomic E-state index is 7.06. The number of furan rings is 2. The molecule has 0 aliphatic rings. The normalized spacial score (nSPS) is 11.8. The van der Waals surface area contributed by atoms with E-state index in [9.17, 15) is 0 Å². The Balaban J connectivity index is 0.935. The molecule has 0 saturated carbocycles. The first-order valence-electron chi connectivity index (χ1n) is 25.4. The third-order valence-corrected chi connectivity index (χ3v) is 15.0. The molecule has 0 aliphatic heterocycles. The molecule has 2 aromatic heterocycles. The van der Waals surface area contributed by atoms with Crippen molar-refractivity contribution in [3.8, 4) is 22.3 Å². The summed E-state index contributed by atoms with van der Waals surface area (Å²) in [5, 5.41) is 8.91. The van der Waals surface area contributed by atoms with Crippen LogP contribution in [-0.4, -0.2) is 0 Å². The highest BCUT2D eigenvalue weighted by atomic mass is 16.3. The lowest BCUT2D eigenvalue weighted by molar-refractivity contribution is 0.655. The second-order valence-electron chi connectivity index (χ2n) is 20.1. The molecule has 0 saturated heterocycles. The Hall–Kier alpha value is -8.86. The molecule has 11 aromatic carbocycles. The van der Waals surface area contributed by atoms with E-state index in [1.54, 1.807) is 0 Å². The molecule has 2 heterocycles. The molecule has 4 nitrogen and oxygen atoms in total. The van der Waals surface area contributed by atoms with Gasteiger partial charge in [0.05, 0.1) is 11.4 Å². The van der Waals surface area contributed by atoms with E-state index in [1.165, 1.54) is 61.4 Å². The van der Waals surface area contributed by atoms with Gasteiger partial charge in [-0.25, -0.2) is 0 Å². The van der Waals surface area contributed by atoms with Crippen molar-refractivity contribution >= 4 is 99.5 Å². The van der Waals surface area contributed by atoms with E-state index in [1.807, 2.05) is 0 Å². The molecule has 0 bridgehead atoms. The van der Waals surface area contributed by atoms with E-state index in [2.05, 4.69) is 264 Å². The summed E-state index contributed by atoms with van der Waals surface area (Å²) in [5.74, 6) is 0.168. The number of fused-ring (bicyclic) bond motifs is 8. The Morgan fingerprint density at radius 2 is 0.767 bits per heavy atom. The van der Waals surface area contributed by atoms with Crippen molar-refractivity contribution in [3.63, 3.8) is 0 Å². The SMILES string of the molecule is Cc1cccc(C)c1N(c1cccc(-c2ccccc2)c1)c1ccc2cc3c(cc2c1)oc1c(C(C)C)c2c(cc13)oc1cc3cc(N(c4cccc(-c5ccccc5)c4)c4c(C)cccc4C)ccc3cc12. The smallest absolute Gasteiger partial charge is 0.139 e. The third-order valence-electron chi connectivity index (χ3n) is 15.0. The second kappa shape index (κ2) is 17.5. The van der Waals surface area contributed by atoms with Gasteiger partial charge in [0.15, 0.2) is 0 Å². The molecule has 0 unspecified atom stereocenters. The summed E-state index contributed by atoms with van der Waals surface area (Å²) >= 11 is 0. The van der Waals surface area contributed by atoms with E-state index < -0.39 is 0 Å². The molecule has 0 spiro atoms. The Kier molecular flexibility index (Phi) is 10.6. The zero-order chi connectivity index (χ0) is 49.5. The first-order valence-corrected chi connectivity index (χ1v) is 25.4. The molecule has 0 N–H and O–H groups in total. The summed E-state index contributed by atoms with van der Waals surface area (Å²) in [7, 11) is 0. The van der Waals surface area contributed by atoms with Crippen LogP contribution in [0.5, 0.6) is 0 Å². The molecule has 352 valence electrons. The maximum Gasteiger partial charge on any atom is 0.139 e. The fraction of sp³-hybridized carbons (Fsp3) is 0.101. The van der Waals surface area contributed by atoms with Gasteiger partial charge in [-0.3, -0.25) is 0 Å². The van der Waals surface area contributed by atoms with Crippen molar-refractivity contribution < 1.29 is 8.83 Å². The van der Waals surface area contributed by atoms with E-state index in [-0.39, 0.29) is 5.92 Å². The highest BCUT2D eigenvalue weighted by Crippen LogP contribution is 2.47. The average Bonchev–Trinajstić information content (AvgIpc) is 3.95. The topological polar surface area (TPSA) is 32.8 Å². The lowest BCUT2D eigenvalue weighted by Crippen LogP contribution is -2.13. The molecule has 73 heavy (non-hydrogen) atoms. The van der Waals surface area contributed by atoms with Gasteiger partial charge in [0.2, 0.25) is 0 Å². The van der Waals surface area contributed by atoms with Crippen LogP contribution in [0.2, 0.25) is 0 Å². The molecule has 0 radical (unpaired) electrons. The van der Waals surface area contributed by atoms with E-state index in [4.69, 9.17) is 8.83 Å². The number of benzene rings is 11. The largest absolute Gasteiger partial charge is 0.456 e. The van der Waals surface area contributed by atoms with Crippen LogP contribution in [0, 0.1) is 27.7 Å². The van der Waals surface area contributed by atoms with Gasteiger partial charge in [0.1, 0.15) is 22.3 Å². The number of aryl methyl sites for hydroxylation is 4. The zero-order valence-corrected chi connectivity index (χ0v) is 42.0. The Morgan fingerprint density at radius 3 is 1.26 bits per heavy atom. The van der Waals surface area contributed by atoms with Gasteiger partial charge in [0, 0.05) is 49.9 Å². The van der Waals surface area contributed by atoms with Crippen molar-refractivity contribution in [1.82, 2.24) is 0 Å². The van der Waals surface area contributed by atoms with E-state index in [0.717, 1.165) is 88.2 Å². The Bertz CT molecular complexity index is 4100. The molecule has 0 amide bonds. The van der Waals surface area contributed by atoms with Crippen LogP contribution in [0.15, 0.2) is 221 Å². The summed E-state index contributed by atoms with van der Waals surface area (Å²) in [6.45, 7) is 13.3. The monoisotopic (exact) mass is 942 g/mol. The molecule has 0 atom stereocenters. The lowest BCUT2D eigenvalue weighted by atomic mass is 9.93. The molecular formula is C69H54N2O2. The minimum Gasteiger partial charge on any atom is -0.456 e. The molecule has 4 heteroatoms. The number of hydrogen-bond acceptors (Lipinski definition) is 4. The number of anilines is 6. The van der Waals surface area contributed by atoms with Crippen molar-refractivity contribution in [1.29, 1.82) is 0 Å². The molecule has 0 fully saturated rings. The fourth-order valence-electron chi connectivity index (χ4n) is 11.5. The Morgan fingerprint density at radius 1 is 0.329 bits per heavy atom. The number of hydrogen-bond donors (Lipinski definition) is 0. The van der Waals surface area contributed by atoms with Gasteiger partial charge >= 0.3 is 0 Å². The highest BCUT2D eigenvalue weighted by molar-refractivity contribution is 6.20. The summed E-state index contributed by atoms with van der Waals surface area (Å²) in [6, 6.07) is 77.0. The second-order valence-corrected chi connectivity index (χ2v) is 20.1. The van der Waals surface area contributed by atoms with Crippen LogP contribution in [0.25, 0.3) is 87.7 Å². The predicted octanol–water partition coefficient (Wildman–Crippen LogP) is 20.4. The van der Waals surface area contributed by atoms with E-state index in [0.29, 0.717) is 0 Å². The van der Waals surface area contributed by atoms with E-state index >= 15 is 0 Å². The first-order chi connectivity index (χ1) is 35.6. The van der Waals surface area contributed by atoms with Crippen molar-refractivity contribution in [2.24, 2.45) is 0 Å². The minimum atomic E-state index is 0.168. The van der Waals surface area contributed by atoms with Gasteiger partial charge in [-0.15, -0.1) is 0 Å². The highest BCUT2D eigenvalue weighted by Gasteiger charge is 2.25. The number of rotatable bonds is 9. The van der Waals surface area contributed by atoms with Crippen molar-refractivity contribution in [2.45, 2.75) is 47.5 Å². The minimum absolute atomic E-state index is 0.168. The quantitative estimate of drug-likeness (QED) is 0.144. The standard InChI is InChI=1S/C69H54N2O2/c1-42(2)65-66-61-38-52-30-32-58(71(68-45(5)19-14-20-46(68)6)56-28-16-26-50(34-56)48-23-11-8-12-24-48)36-54(52)40-63(61)72-64(66)41-60-59-37-51-29-31-57(35-53(51)39-62(59)73-69(60)65)70(67-43(3)17-13-18-44(67)4)55-27-15-25-49(33-55)47-21-9-7-10-22-47/h7-42H,1-6H3. The third kappa shape index (κ3) is 7.52. The summed E-state index contributed by atoms with van der Waals surface area (Å²) in [5.41, 5.74) is 21.1. The van der Waals surface area contributed by atoms with Gasteiger partial charge in [-0.05, 0) is 179 Å². The van der Waals surface area contributed by atoms with Crippen LogP contribution in [0.3, 0.4) is 0 Å². The summed E-state index contributed by atoms with van der Waals surface area (Å²) in [6.07, 6.45) is 0. The van der Waals surface area contributed by atoms with Gasteiger partial charge in [-0.2, -0.15) is 0 Å². The average molecular weight is 943 g/mol. The summed E-state index contributed by atoms with van der Waals surface area (Å²) in [4.78, 5) is 4.82. The predicted molar refractivity (Wildman–Crippen MR) is 309 cm³/mol. The zero-order valence-electron chi connectivity index (χ0n) is 42.0. The van der Waals surface area contributed by atoms with Crippen LogP contribution >= 0.6 is 0 Å². The van der Waals surface area contributed by atoms with Crippen molar-refractivity contribution in [2.75, 3.05) is 9.80 Å². The molecule has 13 aromatic rings. The van der Waals surface area contributed by atoms with Crippen LogP contribution in [0.4, 0.5) is 34.1 Å². The lowest BCUT2D eigenvalue weighted by Gasteiger charge is -2.29. The van der Waals surface area contributed by atoms with Gasteiger partial charge in [-0.1, -0.05) is 147 Å². The van der Waals surface area contributed by atoms with Crippen molar-refractivity contribution in [3.05, 3.63) is 240 Å². The number of para-hydroxylation sites is 2. The number of nitrogens with zero attached hydrogens (tertiary/aromatic N) is 2. The van der Waals surface area contributed by atoms with Crippen LogP contribution in [0.1, 0.15) is 47.6 Å². The first kappa shape index (κ1) is 44.1. The van der Waals surface area contributed by atoms with Crippen LogP contribution in [-0.2, 0) is 0 Å². The van der Waals surface area contributed by atoms with Gasteiger partial charge in [0.25, 0.3) is 0 Å². The maximum absolute atomic E-state index is 7.06. The Labute approximate surface area is 426 Å². The molecule has 0 aliphatic carbocycles. The van der Waals surface area contributed by atoms with Gasteiger partial charge < -0.3 is 18.6 Å². The van der Waals surface area contributed by atoms with Crippen LogP contribution < -0.4 is 9.80 Å². The summed E-state index contributed by atoms with van der Waals surface area (Å²) < 4.78 is 14.0. The fourth-order valence-corrected chi connectivity index (χ4v) is 11.5. The molecular weight excluding hydrogens is 889 g/mol.